The first-order chi connectivity index (χ1) is 11.8. The summed E-state index contributed by atoms with van der Waals surface area (Å²) in [6.07, 6.45) is 18.0. The van der Waals surface area contributed by atoms with Crippen LogP contribution in [0.4, 0.5) is 0 Å². The largest absolute Gasteiger partial charge is 0.300 e. The van der Waals surface area contributed by atoms with Gasteiger partial charge in [0.1, 0.15) is 5.78 Å². The van der Waals surface area contributed by atoms with Crippen LogP contribution in [-0.2, 0) is 4.79 Å². The summed E-state index contributed by atoms with van der Waals surface area (Å²) in [5.74, 6) is 1.20. The molecule has 0 N–H and O–H groups in total. The molecule has 1 nitrogen and oxygen atoms in total. The van der Waals surface area contributed by atoms with Gasteiger partial charge >= 0.3 is 0 Å². The topological polar surface area (TPSA) is 17.1 Å². The molecule has 0 aromatic carbocycles. The molecule has 0 spiro atoms. The quantitative estimate of drug-likeness (QED) is 0.291. The van der Waals surface area contributed by atoms with Crippen molar-refractivity contribution in [2.75, 3.05) is 0 Å². The highest BCUT2D eigenvalue weighted by atomic mass is 16.1. The second kappa shape index (κ2) is 15.2. The van der Waals surface area contributed by atoms with Gasteiger partial charge in [-0.3, -0.25) is 4.79 Å². The van der Waals surface area contributed by atoms with Gasteiger partial charge < -0.3 is 0 Å². The number of ketones is 1. The fraction of sp³-hybridized carbons (Fsp3) is 0.708. The summed E-state index contributed by atoms with van der Waals surface area (Å²) in [4.78, 5) is 11.3. The molecule has 0 aliphatic rings. The van der Waals surface area contributed by atoms with Gasteiger partial charge in [-0.2, -0.15) is 0 Å². The van der Waals surface area contributed by atoms with E-state index < -0.39 is 0 Å². The molecule has 1 heteroatoms. The van der Waals surface area contributed by atoms with Crippen molar-refractivity contribution in [1.82, 2.24) is 0 Å². The minimum Gasteiger partial charge on any atom is -0.300 e. The first-order valence-corrected chi connectivity index (χ1v) is 10.3. The summed E-state index contributed by atoms with van der Waals surface area (Å²) in [6.45, 7) is 13.1. The maximum atomic E-state index is 11.3. The third-order valence-electron chi connectivity index (χ3n) is 4.82. The highest BCUT2D eigenvalue weighted by Gasteiger charge is 2.01. The van der Waals surface area contributed by atoms with Crippen LogP contribution >= 0.6 is 0 Å². The van der Waals surface area contributed by atoms with Gasteiger partial charge in [-0.25, -0.2) is 0 Å². The lowest BCUT2D eigenvalue weighted by molar-refractivity contribution is -0.118. The lowest BCUT2D eigenvalue weighted by Gasteiger charge is -2.10. The van der Waals surface area contributed by atoms with Crippen molar-refractivity contribution in [3.05, 3.63) is 34.9 Å². The average molecular weight is 347 g/mol. The molecule has 0 aromatic heterocycles. The predicted octanol–water partition coefficient (Wildman–Crippen LogP) is 7.97. The summed E-state index contributed by atoms with van der Waals surface area (Å²) >= 11 is 0. The van der Waals surface area contributed by atoms with Crippen molar-refractivity contribution in [1.29, 1.82) is 0 Å². The van der Waals surface area contributed by atoms with Crippen LogP contribution in [-0.4, -0.2) is 5.78 Å². The van der Waals surface area contributed by atoms with Crippen molar-refractivity contribution in [3.8, 4) is 0 Å². The third-order valence-corrected chi connectivity index (χ3v) is 4.82. The van der Waals surface area contributed by atoms with Gasteiger partial charge in [0.25, 0.3) is 0 Å². The molecule has 0 fully saturated rings. The average Bonchev–Trinajstić information content (AvgIpc) is 2.54. The van der Waals surface area contributed by atoms with E-state index in [1.807, 2.05) is 6.92 Å². The Morgan fingerprint density at radius 1 is 0.800 bits per heavy atom. The smallest absolute Gasteiger partial charge is 0.132 e. The molecule has 0 radical (unpaired) electrons. The molecule has 0 amide bonds. The number of Topliss-reactive ketones (excluding diaryl/α,β-unsaturated/α-hetero) is 1. The zero-order valence-electron chi connectivity index (χ0n) is 17.8. The fourth-order valence-electron chi connectivity index (χ4n) is 2.94. The molecule has 0 aliphatic carbocycles. The van der Waals surface area contributed by atoms with Crippen LogP contribution in [0.3, 0.4) is 0 Å². The molecular weight excluding hydrogens is 304 g/mol. The summed E-state index contributed by atoms with van der Waals surface area (Å²) < 4.78 is 0. The lowest BCUT2D eigenvalue weighted by atomic mass is 9.96. The van der Waals surface area contributed by atoms with Crippen LogP contribution in [0.1, 0.15) is 106 Å². The monoisotopic (exact) mass is 346 g/mol. The van der Waals surface area contributed by atoms with E-state index in [1.165, 1.54) is 48.8 Å². The third kappa shape index (κ3) is 16.1. The van der Waals surface area contributed by atoms with Gasteiger partial charge in [0.2, 0.25) is 0 Å². The van der Waals surface area contributed by atoms with E-state index in [4.69, 9.17) is 0 Å². The van der Waals surface area contributed by atoms with Gasteiger partial charge in [-0.1, -0.05) is 55.2 Å². The van der Waals surface area contributed by atoms with E-state index >= 15 is 0 Å². The standard InChI is InChI=1S/C24H42O/c1-7-24(25)19-11-18-23(6)17-10-16-22(5)15-9-14-21(4)13-8-12-20(2)3/h12,16,18,21H,7-11,13-15,17,19H2,1-6H3/b22-16+,23-18+. The summed E-state index contributed by atoms with van der Waals surface area (Å²) in [5.41, 5.74) is 4.39. The second-order valence-electron chi connectivity index (χ2n) is 7.93. The van der Waals surface area contributed by atoms with Crippen molar-refractivity contribution >= 4 is 5.78 Å². The Morgan fingerprint density at radius 3 is 2.00 bits per heavy atom. The SMILES string of the molecule is CCC(=O)CC/C=C(\C)CC/C=C(\C)CCCC(C)CCC=C(C)C. The van der Waals surface area contributed by atoms with Gasteiger partial charge in [0.05, 0.1) is 0 Å². The molecule has 25 heavy (non-hydrogen) atoms. The zero-order valence-corrected chi connectivity index (χ0v) is 17.8. The first kappa shape index (κ1) is 23.9. The van der Waals surface area contributed by atoms with Gasteiger partial charge in [-0.15, -0.1) is 0 Å². The van der Waals surface area contributed by atoms with Crippen LogP contribution in [0.2, 0.25) is 0 Å². The van der Waals surface area contributed by atoms with Gasteiger partial charge in [-0.05, 0) is 78.6 Å². The Balaban J connectivity index is 3.85. The van der Waals surface area contributed by atoms with Gasteiger partial charge in [0, 0.05) is 12.8 Å². The first-order valence-electron chi connectivity index (χ1n) is 10.3. The van der Waals surface area contributed by atoms with E-state index in [1.54, 1.807) is 0 Å². The van der Waals surface area contributed by atoms with Crippen molar-refractivity contribution < 1.29 is 4.79 Å². The van der Waals surface area contributed by atoms with E-state index in [-0.39, 0.29) is 0 Å². The Kier molecular flexibility index (Phi) is 14.5. The van der Waals surface area contributed by atoms with E-state index in [2.05, 4.69) is 52.8 Å². The van der Waals surface area contributed by atoms with Crippen molar-refractivity contribution in [2.24, 2.45) is 5.92 Å². The molecule has 0 saturated carbocycles. The van der Waals surface area contributed by atoms with Crippen molar-refractivity contribution in [3.63, 3.8) is 0 Å². The number of hydrogen-bond acceptors (Lipinski definition) is 1. The van der Waals surface area contributed by atoms with Crippen LogP contribution in [0, 0.1) is 5.92 Å². The number of carbonyl (C=O) groups excluding carboxylic acids is 1. The maximum absolute atomic E-state index is 11.3. The van der Waals surface area contributed by atoms with Crippen LogP contribution in [0.5, 0.6) is 0 Å². The Labute approximate surface area is 157 Å². The van der Waals surface area contributed by atoms with E-state index in [0.29, 0.717) is 18.6 Å². The maximum Gasteiger partial charge on any atom is 0.132 e. The van der Waals surface area contributed by atoms with Crippen LogP contribution in [0.25, 0.3) is 0 Å². The van der Waals surface area contributed by atoms with Gasteiger partial charge in [0.15, 0.2) is 0 Å². The van der Waals surface area contributed by atoms with E-state index in [0.717, 1.165) is 25.2 Å². The summed E-state index contributed by atoms with van der Waals surface area (Å²) in [6, 6.07) is 0. The molecule has 0 heterocycles. The lowest BCUT2D eigenvalue weighted by Crippen LogP contribution is -1.94. The van der Waals surface area contributed by atoms with Crippen LogP contribution < -0.4 is 0 Å². The Hall–Kier alpha value is -1.11. The van der Waals surface area contributed by atoms with Crippen LogP contribution in [0.15, 0.2) is 34.9 Å². The summed E-state index contributed by atoms with van der Waals surface area (Å²) in [5, 5.41) is 0. The highest BCUT2D eigenvalue weighted by molar-refractivity contribution is 5.78. The molecule has 144 valence electrons. The molecule has 0 aliphatic heterocycles. The summed E-state index contributed by atoms with van der Waals surface area (Å²) in [7, 11) is 0. The number of carbonyl (C=O) groups is 1. The van der Waals surface area contributed by atoms with Crippen molar-refractivity contribution in [2.45, 2.75) is 106 Å². The number of rotatable bonds is 14. The Morgan fingerprint density at radius 2 is 1.40 bits per heavy atom. The molecule has 1 atom stereocenters. The van der Waals surface area contributed by atoms with E-state index in [9.17, 15) is 4.79 Å². The fourth-order valence-corrected chi connectivity index (χ4v) is 2.94. The number of hydrogen-bond donors (Lipinski definition) is 0. The highest BCUT2D eigenvalue weighted by Crippen LogP contribution is 2.18. The molecule has 0 bridgehead atoms. The second-order valence-corrected chi connectivity index (χ2v) is 7.93. The zero-order chi connectivity index (χ0) is 19.1. The molecular formula is C24H42O. The molecule has 0 rings (SSSR count). The number of allylic oxidation sites excluding steroid dienone is 6. The Bertz CT molecular complexity index is 447. The molecule has 0 aromatic rings. The predicted molar refractivity (Wildman–Crippen MR) is 113 cm³/mol. The minimum atomic E-state index is 0.370. The minimum absolute atomic E-state index is 0.370. The molecule has 1 unspecified atom stereocenters. The molecule has 0 saturated heterocycles. The normalized spacial score (nSPS) is 13.7.